The number of piperidine rings is 1. The Labute approximate surface area is 181 Å². The van der Waals surface area contributed by atoms with Gasteiger partial charge >= 0.3 is 6.09 Å². The Kier molecular flexibility index (Phi) is 9.63. The second-order valence-electron chi connectivity index (χ2n) is 8.97. The highest BCUT2D eigenvalue weighted by atomic mass is 16.6. The van der Waals surface area contributed by atoms with Gasteiger partial charge in [-0.3, -0.25) is 4.79 Å². The second-order valence-corrected chi connectivity index (χ2v) is 8.97. The maximum atomic E-state index is 12.5. The lowest BCUT2D eigenvalue weighted by Gasteiger charge is -2.32. The Morgan fingerprint density at radius 3 is 2.27 bits per heavy atom. The zero-order valence-corrected chi connectivity index (χ0v) is 19.2. The second kappa shape index (κ2) is 11.9. The Hall–Kier alpha value is -2.08. The molecule has 1 aliphatic rings. The van der Waals surface area contributed by atoms with Gasteiger partial charge in [0.1, 0.15) is 0 Å². The average molecular weight is 418 g/mol. The first-order valence-electron chi connectivity index (χ1n) is 11.3. The molecule has 168 valence electrons. The zero-order valence-electron chi connectivity index (χ0n) is 19.2. The monoisotopic (exact) mass is 417 g/mol. The van der Waals surface area contributed by atoms with Crippen molar-refractivity contribution in [3.05, 3.63) is 35.4 Å². The summed E-state index contributed by atoms with van der Waals surface area (Å²) in [6.45, 7) is 12.5. The van der Waals surface area contributed by atoms with Gasteiger partial charge in [0.15, 0.2) is 0 Å². The molecule has 1 aromatic carbocycles. The van der Waals surface area contributed by atoms with Crippen LogP contribution in [0.3, 0.4) is 0 Å². The molecule has 0 bridgehead atoms. The predicted molar refractivity (Wildman–Crippen MR) is 120 cm³/mol. The van der Waals surface area contributed by atoms with Crippen molar-refractivity contribution >= 4 is 12.0 Å². The molecular formula is C24H39N3O3. The van der Waals surface area contributed by atoms with Crippen LogP contribution in [-0.2, 0) is 16.0 Å². The first kappa shape index (κ1) is 24.2. The number of nitrogens with zero attached hydrogens (tertiary/aromatic N) is 1. The molecule has 1 aromatic rings. The average Bonchev–Trinajstić information content (AvgIpc) is 2.69. The van der Waals surface area contributed by atoms with E-state index in [-0.39, 0.29) is 30.6 Å². The van der Waals surface area contributed by atoms with Gasteiger partial charge in [-0.15, -0.1) is 0 Å². The van der Waals surface area contributed by atoms with E-state index in [9.17, 15) is 9.59 Å². The van der Waals surface area contributed by atoms with Gasteiger partial charge in [-0.25, -0.2) is 4.79 Å². The molecule has 0 aromatic heterocycles. The SMILES string of the molecule is CCOC(=O)N1CCC(NC(=O)CN[C@@H](c2ccc(CC(C)C)cc2)C(C)C)CC1. The molecule has 0 saturated carbocycles. The fourth-order valence-electron chi connectivity index (χ4n) is 3.97. The van der Waals surface area contributed by atoms with E-state index in [0.717, 1.165) is 19.3 Å². The van der Waals surface area contributed by atoms with Gasteiger partial charge in [-0.05, 0) is 49.1 Å². The van der Waals surface area contributed by atoms with Gasteiger partial charge < -0.3 is 20.3 Å². The molecule has 1 fully saturated rings. The number of benzene rings is 1. The van der Waals surface area contributed by atoms with Crippen LogP contribution in [0, 0.1) is 11.8 Å². The van der Waals surface area contributed by atoms with Crippen molar-refractivity contribution < 1.29 is 14.3 Å². The number of amides is 2. The number of ether oxygens (including phenoxy) is 1. The highest BCUT2D eigenvalue weighted by Gasteiger charge is 2.25. The van der Waals surface area contributed by atoms with Gasteiger partial charge in [0.2, 0.25) is 5.91 Å². The molecule has 6 heteroatoms. The van der Waals surface area contributed by atoms with Crippen molar-refractivity contribution in [3.63, 3.8) is 0 Å². The molecule has 2 rings (SSSR count). The summed E-state index contributed by atoms with van der Waals surface area (Å²) in [5, 5.41) is 6.54. The summed E-state index contributed by atoms with van der Waals surface area (Å²) in [7, 11) is 0. The van der Waals surface area contributed by atoms with Crippen LogP contribution in [0.2, 0.25) is 0 Å². The number of hydrogen-bond donors (Lipinski definition) is 2. The molecule has 2 N–H and O–H groups in total. The lowest BCUT2D eigenvalue weighted by atomic mass is 9.93. The van der Waals surface area contributed by atoms with Crippen molar-refractivity contribution in [2.75, 3.05) is 26.2 Å². The molecule has 6 nitrogen and oxygen atoms in total. The highest BCUT2D eigenvalue weighted by Crippen LogP contribution is 2.22. The van der Waals surface area contributed by atoms with Crippen LogP contribution in [0.5, 0.6) is 0 Å². The Balaban J connectivity index is 1.81. The third kappa shape index (κ3) is 7.63. The molecule has 1 atom stereocenters. The number of carbonyl (C=O) groups excluding carboxylic acids is 2. The molecule has 2 amide bonds. The Morgan fingerprint density at radius 1 is 1.10 bits per heavy atom. The van der Waals surface area contributed by atoms with Crippen molar-refractivity contribution in [2.45, 2.75) is 66.0 Å². The smallest absolute Gasteiger partial charge is 0.409 e. The van der Waals surface area contributed by atoms with E-state index < -0.39 is 0 Å². The van der Waals surface area contributed by atoms with Crippen LogP contribution in [0.15, 0.2) is 24.3 Å². The minimum atomic E-state index is -0.261. The van der Waals surface area contributed by atoms with Crippen LogP contribution in [0.4, 0.5) is 4.79 Å². The number of carbonyl (C=O) groups is 2. The van der Waals surface area contributed by atoms with Crippen molar-refractivity contribution in [1.82, 2.24) is 15.5 Å². The molecular weight excluding hydrogens is 378 g/mol. The molecule has 1 aliphatic heterocycles. The summed E-state index contributed by atoms with van der Waals surface area (Å²) in [6, 6.07) is 9.00. The summed E-state index contributed by atoms with van der Waals surface area (Å²) in [5.74, 6) is 1.02. The van der Waals surface area contributed by atoms with Gasteiger partial charge in [-0.2, -0.15) is 0 Å². The van der Waals surface area contributed by atoms with Gasteiger partial charge in [0, 0.05) is 25.2 Å². The Bertz CT molecular complexity index is 665. The topological polar surface area (TPSA) is 70.7 Å². The number of nitrogens with one attached hydrogen (secondary N) is 2. The van der Waals surface area contributed by atoms with E-state index in [1.54, 1.807) is 4.90 Å². The third-order valence-corrected chi connectivity index (χ3v) is 5.52. The van der Waals surface area contributed by atoms with Gasteiger partial charge in [-0.1, -0.05) is 52.0 Å². The van der Waals surface area contributed by atoms with Crippen LogP contribution in [-0.4, -0.2) is 49.2 Å². The van der Waals surface area contributed by atoms with Gasteiger partial charge in [0.25, 0.3) is 0 Å². The van der Waals surface area contributed by atoms with Crippen molar-refractivity contribution in [1.29, 1.82) is 0 Å². The van der Waals surface area contributed by atoms with Crippen molar-refractivity contribution in [2.24, 2.45) is 11.8 Å². The molecule has 0 aliphatic carbocycles. The summed E-state index contributed by atoms with van der Waals surface area (Å²) in [5.41, 5.74) is 2.57. The Morgan fingerprint density at radius 2 is 1.73 bits per heavy atom. The van der Waals surface area contributed by atoms with E-state index in [1.807, 2.05) is 6.92 Å². The van der Waals surface area contributed by atoms with Crippen LogP contribution in [0.25, 0.3) is 0 Å². The summed E-state index contributed by atoms with van der Waals surface area (Å²) in [6.07, 6.45) is 2.34. The van der Waals surface area contributed by atoms with Crippen LogP contribution < -0.4 is 10.6 Å². The first-order chi connectivity index (χ1) is 14.3. The number of rotatable bonds is 9. The van der Waals surface area contributed by atoms with Crippen molar-refractivity contribution in [3.8, 4) is 0 Å². The molecule has 0 unspecified atom stereocenters. The molecule has 1 saturated heterocycles. The van der Waals surface area contributed by atoms with E-state index in [2.05, 4.69) is 62.6 Å². The standard InChI is InChI=1S/C24H39N3O3/c1-6-30-24(29)27-13-11-21(12-14-27)26-22(28)16-25-23(18(4)5)20-9-7-19(8-10-20)15-17(2)3/h7-10,17-18,21,23,25H,6,11-16H2,1-5H3,(H,26,28)/t23-/m1/s1. The van der Waals surface area contributed by atoms with E-state index in [0.29, 0.717) is 31.5 Å². The fourth-order valence-corrected chi connectivity index (χ4v) is 3.97. The number of hydrogen-bond acceptors (Lipinski definition) is 4. The molecule has 30 heavy (non-hydrogen) atoms. The van der Waals surface area contributed by atoms with Gasteiger partial charge in [0.05, 0.1) is 13.2 Å². The van der Waals surface area contributed by atoms with Crippen LogP contribution in [0.1, 0.15) is 64.6 Å². The zero-order chi connectivity index (χ0) is 22.1. The largest absolute Gasteiger partial charge is 0.450 e. The fraction of sp³-hybridized carbons (Fsp3) is 0.667. The minimum absolute atomic E-state index is 0.00617. The van der Waals surface area contributed by atoms with E-state index in [1.165, 1.54) is 11.1 Å². The van der Waals surface area contributed by atoms with E-state index >= 15 is 0 Å². The summed E-state index contributed by atoms with van der Waals surface area (Å²) in [4.78, 5) is 26.0. The first-order valence-corrected chi connectivity index (χ1v) is 11.3. The quantitative estimate of drug-likeness (QED) is 0.639. The highest BCUT2D eigenvalue weighted by molar-refractivity contribution is 5.78. The number of likely N-dealkylation sites (tertiary alicyclic amines) is 1. The maximum Gasteiger partial charge on any atom is 0.409 e. The molecule has 0 radical (unpaired) electrons. The lowest BCUT2D eigenvalue weighted by molar-refractivity contribution is -0.121. The predicted octanol–water partition coefficient (Wildman–Crippen LogP) is 3.91. The summed E-state index contributed by atoms with van der Waals surface area (Å²) >= 11 is 0. The van der Waals surface area contributed by atoms with E-state index in [4.69, 9.17) is 4.74 Å². The minimum Gasteiger partial charge on any atom is -0.450 e. The third-order valence-electron chi connectivity index (χ3n) is 5.52. The molecule has 1 heterocycles. The maximum absolute atomic E-state index is 12.5. The molecule has 0 spiro atoms. The lowest BCUT2D eigenvalue weighted by Crippen LogP contribution is -2.48. The summed E-state index contributed by atoms with van der Waals surface area (Å²) < 4.78 is 5.04. The normalized spacial score (nSPS) is 16.0. The van der Waals surface area contributed by atoms with Crippen LogP contribution >= 0.6 is 0 Å².